The standard InChI is InChI=1S/C10H19NO2S/c1-5-14-9(7-12)6-10(13)11(4)8(2)3/h7-9H,5-6H2,1-4H3. The fraction of sp³-hybridized carbons (Fsp3) is 0.800. The SMILES string of the molecule is CCSC(C=O)CC(=O)N(C)C(C)C. The van der Waals surface area contributed by atoms with Gasteiger partial charge in [0.2, 0.25) is 5.91 Å². The first-order valence-electron chi connectivity index (χ1n) is 4.85. The van der Waals surface area contributed by atoms with E-state index in [0.717, 1.165) is 12.0 Å². The van der Waals surface area contributed by atoms with E-state index in [9.17, 15) is 9.59 Å². The molecule has 3 nitrogen and oxygen atoms in total. The van der Waals surface area contributed by atoms with Crippen molar-refractivity contribution in [3.05, 3.63) is 0 Å². The summed E-state index contributed by atoms with van der Waals surface area (Å²) in [5, 5.41) is -0.186. The number of amides is 1. The van der Waals surface area contributed by atoms with Crippen molar-refractivity contribution in [3.8, 4) is 0 Å². The largest absolute Gasteiger partial charge is 0.343 e. The minimum atomic E-state index is -0.186. The van der Waals surface area contributed by atoms with Gasteiger partial charge in [-0.3, -0.25) is 4.79 Å². The van der Waals surface area contributed by atoms with Gasteiger partial charge < -0.3 is 9.69 Å². The van der Waals surface area contributed by atoms with Crippen molar-refractivity contribution in [1.29, 1.82) is 0 Å². The van der Waals surface area contributed by atoms with Crippen LogP contribution in [0.2, 0.25) is 0 Å². The monoisotopic (exact) mass is 217 g/mol. The highest BCUT2D eigenvalue weighted by Gasteiger charge is 2.17. The molecular weight excluding hydrogens is 198 g/mol. The molecule has 0 saturated carbocycles. The Kier molecular flexibility index (Phi) is 6.62. The molecule has 1 atom stereocenters. The first-order valence-corrected chi connectivity index (χ1v) is 5.90. The Labute approximate surface area is 90.2 Å². The summed E-state index contributed by atoms with van der Waals surface area (Å²) in [5.74, 6) is 0.903. The molecule has 0 aliphatic rings. The lowest BCUT2D eigenvalue weighted by atomic mass is 10.2. The normalized spacial score (nSPS) is 12.6. The number of hydrogen-bond donors (Lipinski definition) is 0. The maximum absolute atomic E-state index is 11.6. The van der Waals surface area contributed by atoms with Gasteiger partial charge in [-0.25, -0.2) is 0 Å². The second-order valence-corrected chi connectivity index (χ2v) is 4.95. The molecule has 4 heteroatoms. The molecular formula is C10H19NO2S. The van der Waals surface area contributed by atoms with E-state index < -0.39 is 0 Å². The van der Waals surface area contributed by atoms with Crippen molar-refractivity contribution in [2.75, 3.05) is 12.8 Å². The predicted octanol–water partition coefficient (Wildman–Crippen LogP) is 1.56. The van der Waals surface area contributed by atoms with Crippen LogP contribution in [0.3, 0.4) is 0 Å². The lowest BCUT2D eigenvalue weighted by Gasteiger charge is -2.22. The van der Waals surface area contributed by atoms with Crippen molar-refractivity contribution in [1.82, 2.24) is 4.90 Å². The lowest BCUT2D eigenvalue weighted by molar-refractivity contribution is -0.132. The molecule has 0 aromatic heterocycles. The van der Waals surface area contributed by atoms with Crippen LogP contribution in [0.5, 0.6) is 0 Å². The maximum Gasteiger partial charge on any atom is 0.224 e. The van der Waals surface area contributed by atoms with Gasteiger partial charge in [0.1, 0.15) is 6.29 Å². The van der Waals surface area contributed by atoms with Gasteiger partial charge in [-0.1, -0.05) is 6.92 Å². The number of rotatable bonds is 6. The molecule has 1 unspecified atom stereocenters. The summed E-state index contributed by atoms with van der Waals surface area (Å²) >= 11 is 1.52. The van der Waals surface area contributed by atoms with Crippen LogP contribution in [-0.4, -0.2) is 41.2 Å². The van der Waals surface area contributed by atoms with E-state index in [1.54, 1.807) is 11.9 Å². The number of carbonyl (C=O) groups is 2. The van der Waals surface area contributed by atoms with Crippen molar-refractivity contribution in [3.63, 3.8) is 0 Å². The molecule has 14 heavy (non-hydrogen) atoms. The van der Waals surface area contributed by atoms with Crippen molar-refractivity contribution < 1.29 is 9.59 Å². The Morgan fingerprint density at radius 1 is 1.50 bits per heavy atom. The van der Waals surface area contributed by atoms with Gasteiger partial charge in [0.05, 0.1) is 5.25 Å². The van der Waals surface area contributed by atoms with Gasteiger partial charge in [0, 0.05) is 19.5 Å². The van der Waals surface area contributed by atoms with Gasteiger partial charge in [0.25, 0.3) is 0 Å². The summed E-state index contributed by atoms with van der Waals surface area (Å²) in [4.78, 5) is 23.9. The summed E-state index contributed by atoms with van der Waals surface area (Å²) < 4.78 is 0. The molecule has 1 amide bonds. The smallest absolute Gasteiger partial charge is 0.224 e. The first kappa shape index (κ1) is 13.5. The molecule has 0 bridgehead atoms. The Morgan fingerprint density at radius 2 is 2.07 bits per heavy atom. The molecule has 82 valence electrons. The molecule has 0 aliphatic carbocycles. The van der Waals surface area contributed by atoms with Crippen LogP contribution >= 0.6 is 11.8 Å². The van der Waals surface area contributed by atoms with Gasteiger partial charge in [-0.05, 0) is 19.6 Å². The molecule has 0 fully saturated rings. The third-order valence-corrected chi connectivity index (χ3v) is 3.12. The fourth-order valence-corrected chi connectivity index (χ4v) is 1.73. The van der Waals surface area contributed by atoms with Gasteiger partial charge in [0.15, 0.2) is 0 Å². The zero-order valence-corrected chi connectivity index (χ0v) is 10.1. The zero-order valence-electron chi connectivity index (χ0n) is 9.32. The second kappa shape index (κ2) is 6.87. The zero-order chi connectivity index (χ0) is 11.1. The topological polar surface area (TPSA) is 37.4 Å². The number of aldehydes is 1. The lowest BCUT2D eigenvalue weighted by Crippen LogP contribution is -2.34. The van der Waals surface area contributed by atoms with Crippen LogP contribution in [0.4, 0.5) is 0 Å². The van der Waals surface area contributed by atoms with E-state index in [-0.39, 0.29) is 17.2 Å². The van der Waals surface area contributed by atoms with Crippen molar-refractivity contribution in [2.45, 2.75) is 38.5 Å². The van der Waals surface area contributed by atoms with E-state index in [0.29, 0.717) is 6.42 Å². The van der Waals surface area contributed by atoms with Crippen LogP contribution in [0.25, 0.3) is 0 Å². The number of thioether (sulfide) groups is 1. The minimum Gasteiger partial charge on any atom is -0.343 e. The Balaban J connectivity index is 4.08. The summed E-state index contributed by atoms with van der Waals surface area (Å²) in [6, 6.07) is 0.196. The highest BCUT2D eigenvalue weighted by atomic mass is 32.2. The maximum atomic E-state index is 11.6. The highest BCUT2D eigenvalue weighted by Crippen LogP contribution is 2.13. The molecule has 0 heterocycles. The summed E-state index contributed by atoms with van der Waals surface area (Å²) in [6.07, 6.45) is 1.18. The molecule has 0 N–H and O–H groups in total. The fourth-order valence-electron chi connectivity index (χ4n) is 0.964. The minimum absolute atomic E-state index is 0.0399. The number of nitrogens with zero attached hydrogens (tertiary/aromatic N) is 1. The highest BCUT2D eigenvalue weighted by molar-refractivity contribution is 8.00. The molecule has 0 aliphatic heterocycles. The van der Waals surface area contributed by atoms with Gasteiger partial charge in [-0.15, -0.1) is 0 Å². The Hall–Kier alpha value is -0.510. The average molecular weight is 217 g/mol. The van der Waals surface area contributed by atoms with Gasteiger partial charge >= 0.3 is 0 Å². The molecule has 0 radical (unpaired) electrons. The van der Waals surface area contributed by atoms with Gasteiger partial charge in [-0.2, -0.15) is 11.8 Å². The summed E-state index contributed by atoms with van der Waals surface area (Å²) in [6.45, 7) is 5.90. The van der Waals surface area contributed by atoms with E-state index >= 15 is 0 Å². The second-order valence-electron chi connectivity index (χ2n) is 3.43. The number of carbonyl (C=O) groups excluding carboxylic acids is 2. The van der Waals surface area contributed by atoms with E-state index in [4.69, 9.17) is 0 Å². The quantitative estimate of drug-likeness (QED) is 0.634. The van der Waals surface area contributed by atoms with E-state index in [2.05, 4.69) is 0 Å². The average Bonchev–Trinajstić information content (AvgIpc) is 2.15. The van der Waals surface area contributed by atoms with E-state index in [1.807, 2.05) is 20.8 Å². The Bertz CT molecular complexity index is 195. The van der Waals surface area contributed by atoms with E-state index in [1.165, 1.54) is 11.8 Å². The van der Waals surface area contributed by atoms with Crippen LogP contribution in [-0.2, 0) is 9.59 Å². The summed E-state index contributed by atoms with van der Waals surface area (Å²) in [5.41, 5.74) is 0. The molecule has 0 saturated heterocycles. The third kappa shape index (κ3) is 4.65. The van der Waals surface area contributed by atoms with Crippen molar-refractivity contribution >= 4 is 24.0 Å². The third-order valence-electron chi connectivity index (χ3n) is 2.08. The van der Waals surface area contributed by atoms with Crippen molar-refractivity contribution in [2.24, 2.45) is 0 Å². The van der Waals surface area contributed by atoms with Crippen LogP contribution in [0.1, 0.15) is 27.2 Å². The molecule has 0 aromatic carbocycles. The summed E-state index contributed by atoms with van der Waals surface area (Å²) in [7, 11) is 1.77. The molecule has 0 spiro atoms. The Morgan fingerprint density at radius 3 is 2.43 bits per heavy atom. The number of hydrogen-bond acceptors (Lipinski definition) is 3. The van der Waals surface area contributed by atoms with Crippen LogP contribution in [0, 0.1) is 0 Å². The first-order chi connectivity index (χ1) is 6.52. The van der Waals surface area contributed by atoms with Crippen LogP contribution < -0.4 is 0 Å². The predicted molar refractivity (Wildman–Crippen MR) is 60.5 cm³/mol. The molecule has 0 aromatic rings. The van der Waals surface area contributed by atoms with Crippen LogP contribution in [0.15, 0.2) is 0 Å². The molecule has 0 rings (SSSR count).